The van der Waals surface area contributed by atoms with E-state index < -0.39 is 0 Å². The first-order valence-electron chi connectivity index (χ1n) is 8.44. The number of carbonyl (C=O) groups excluding carboxylic acids is 1. The van der Waals surface area contributed by atoms with Gasteiger partial charge in [-0.2, -0.15) is 0 Å². The minimum Gasteiger partial charge on any atom is -0.343 e. The van der Waals surface area contributed by atoms with Crippen molar-refractivity contribution in [1.82, 2.24) is 9.80 Å². The van der Waals surface area contributed by atoms with Crippen LogP contribution in [0, 0.1) is 5.92 Å². The largest absolute Gasteiger partial charge is 0.343 e. The lowest BCUT2D eigenvalue weighted by Crippen LogP contribution is -2.51. The zero-order valence-corrected chi connectivity index (χ0v) is 12.6. The van der Waals surface area contributed by atoms with E-state index >= 15 is 0 Å². The van der Waals surface area contributed by atoms with E-state index in [1.807, 2.05) is 0 Å². The first kappa shape index (κ1) is 14.3. The highest BCUT2D eigenvalue weighted by Crippen LogP contribution is 2.33. The second kappa shape index (κ2) is 6.02. The van der Waals surface area contributed by atoms with Gasteiger partial charge in [-0.05, 0) is 64.0 Å². The SMILES string of the molecule is NC1(CC(=O)N2CCC(CN3CCCC3)CC2)CCC1. The van der Waals surface area contributed by atoms with Gasteiger partial charge in [0.15, 0.2) is 0 Å². The van der Waals surface area contributed by atoms with Crippen molar-refractivity contribution in [3.63, 3.8) is 0 Å². The molecule has 2 N–H and O–H groups in total. The summed E-state index contributed by atoms with van der Waals surface area (Å²) in [5, 5.41) is 0. The third kappa shape index (κ3) is 3.34. The first-order chi connectivity index (χ1) is 9.65. The predicted octanol–water partition coefficient (Wildman–Crippen LogP) is 1.59. The van der Waals surface area contributed by atoms with Crippen molar-refractivity contribution >= 4 is 5.91 Å². The standard InChI is InChI=1S/C16H29N3O/c17-16(6-3-7-16)12-15(20)19-10-4-14(5-11-19)13-18-8-1-2-9-18/h14H,1-13,17H2. The van der Waals surface area contributed by atoms with Gasteiger partial charge in [0.25, 0.3) is 0 Å². The molecule has 0 atom stereocenters. The second-order valence-corrected chi connectivity index (χ2v) is 7.22. The van der Waals surface area contributed by atoms with Gasteiger partial charge in [-0.15, -0.1) is 0 Å². The Balaban J connectivity index is 1.40. The molecule has 3 fully saturated rings. The average molecular weight is 279 g/mol. The number of piperidine rings is 1. The molecule has 114 valence electrons. The Morgan fingerprint density at radius 2 is 1.70 bits per heavy atom. The fourth-order valence-corrected chi connectivity index (χ4v) is 3.92. The molecule has 0 bridgehead atoms. The fourth-order valence-electron chi connectivity index (χ4n) is 3.92. The molecule has 0 unspecified atom stereocenters. The maximum Gasteiger partial charge on any atom is 0.224 e. The van der Waals surface area contributed by atoms with E-state index in [-0.39, 0.29) is 5.54 Å². The summed E-state index contributed by atoms with van der Waals surface area (Å²) < 4.78 is 0. The van der Waals surface area contributed by atoms with Crippen LogP contribution in [0.15, 0.2) is 0 Å². The van der Waals surface area contributed by atoms with Gasteiger partial charge in [0.05, 0.1) is 0 Å². The van der Waals surface area contributed by atoms with Crippen LogP contribution in [0.25, 0.3) is 0 Å². The van der Waals surface area contributed by atoms with E-state index in [2.05, 4.69) is 9.80 Å². The third-order valence-corrected chi connectivity index (χ3v) is 5.53. The van der Waals surface area contributed by atoms with Gasteiger partial charge in [0.1, 0.15) is 0 Å². The van der Waals surface area contributed by atoms with Crippen molar-refractivity contribution in [1.29, 1.82) is 0 Å². The van der Waals surface area contributed by atoms with E-state index in [9.17, 15) is 4.79 Å². The molecule has 3 rings (SSSR count). The van der Waals surface area contributed by atoms with Crippen molar-refractivity contribution in [3.8, 4) is 0 Å². The number of amides is 1. The Morgan fingerprint density at radius 3 is 2.25 bits per heavy atom. The molecule has 1 aliphatic carbocycles. The number of hydrogen-bond acceptors (Lipinski definition) is 3. The van der Waals surface area contributed by atoms with Crippen LogP contribution < -0.4 is 5.73 Å². The maximum absolute atomic E-state index is 12.3. The molecule has 0 aromatic rings. The van der Waals surface area contributed by atoms with Crippen molar-refractivity contribution in [3.05, 3.63) is 0 Å². The third-order valence-electron chi connectivity index (χ3n) is 5.53. The number of likely N-dealkylation sites (tertiary alicyclic amines) is 2. The lowest BCUT2D eigenvalue weighted by molar-refractivity contribution is -0.134. The van der Waals surface area contributed by atoms with Gasteiger partial charge in [0, 0.05) is 31.6 Å². The van der Waals surface area contributed by atoms with E-state index in [4.69, 9.17) is 5.73 Å². The van der Waals surface area contributed by atoms with Crippen molar-refractivity contribution in [2.75, 3.05) is 32.7 Å². The number of hydrogen-bond donors (Lipinski definition) is 1. The molecule has 3 aliphatic rings. The van der Waals surface area contributed by atoms with Gasteiger partial charge in [-0.3, -0.25) is 4.79 Å². The van der Waals surface area contributed by atoms with Crippen LogP contribution in [0.2, 0.25) is 0 Å². The summed E-state index contributed by atoms with van der Waals surface area (Å²) in [6.07, 6.45) is 8.94. The molecule has 2 saturated heterocycles. The molecule has 1 saturated carbocycles. The lowest BCUT2D eigenvalue weighted by Gasteiger charge is -2.40. The summed E-state index contributed by atoms with van der Waals surface area (Å²) in [5.41, 5.74) is 6.03. The molecule has 20 heavy (non-hydrogen) atoms. The smallest absolute Gasteiger partial charge is 0.224 e. The van der Waals surface area contributed by atoms with Crippen LogP contribution in [0.4, 0.5) is 0 Å². The Morgan fingerprint density at radius 1 is 1.05 bits per heavy atom. The van der Waals surface area contributed by atoms with Crippen LogP contribution in [-0.2, 0) is 4.79 Å². The molecule has 0 aromatic carbocycles. The monoisotopic (exact) mass is 279 g/mol. The highest BCUT2D eigenvalue weighted by atomic mass is 16.2. The van der Waals surface area contributed by atoms with E-state index in [0.29, 0.717) is 12.3 Å². The summed E-state index contributed by atoms with van der Waals surface area (Å²) in [4.78, 5) is 17.0. The number of nitrogens with two attached hydrogens (primary N) is 1. The molecular weight excluding hydrogens is 250 g/mol. The van der Waals surface area contributed by atoms with Crippen molar-refractivity contribution in [2.24, 2.45) is 11.7 Å². The lowest BCUT2D eigenvalue weighted by atomic mass is 9.75. The molecule has 0 radical (unpaired) electrons. The number of rotatable bonds is 4. The quantitative estimate of drug-likeness (QED) is 0.850. The van der Waals surface area contributed by atoms with Crippen LogP contribution >= 0.6 is 0 Å². The highest BCUT2D eigenvalue weighted by molar-refractivity contribution is 5.77. The van der Waals surface area contributed by atoms with Gasteiger partial charge in [-0.25, -0.2) is 0 Å². The first-order valence-corrected chi connectivity index (χ1v) is 8.44. The number of carbonyl (C=O) groups is 1. The van der Waals surface area contributed by atoms with Gasteiger partial charge in [0.2, 0.25) is 5.91 Å². The van der Waals surface area contributed by atoms with Crippen LogP contribution in [0.1, 0.15) is 51.4 Å². The normalized spacial score (nSPS) is 27.6. The molecular formula is C16H29N3O. The molecule has 0 aromatic heterocycles. The minimum atomic E-state index is -0.163. The Kier molecular flexibility index (Phi) is 4.32. The zero-order chi connectivity index (χ0) is 14.0. The Labute approximate surface area is 122 Å². The van der Waals surface area contributed by atoms with E-state index in [0.717, 1.165) is 31.8 Å². The van der Waals surface area contributed by atoms with Crippen molar-refractivity contribution < 1.29 is 4.79 Å². The van der Waals surface area contributed by atoms with Gasteiger partial charge < -0.3 is 15.5 Å². The van der Waals surface area contributed by atoms with Crippen molar-refractivity contribution in [2.45, 2.75) is 56.9 Å². The van der Waals surface area contributed by atoms with Gasteiger partial charge >= 0.3 is 0 Å². The van der Waals surface area contributed by atoms with Crippen LogP contribution in [0.3, 0.4) is 0 Å². The summed E-state index contributed by atoms with van der Waals surface area (Å²) in [5.74, 6) is 1.10. The Bertz CT molecular complexity index is 340. The fraction of sp³-hybridized carbons (Fsp3) is 0.938. The molecule has 4 heteroatoms. The minimum absolute atomic E-state index is 0.163. The summed E-state index contributed by atoms with van der Waals surface area (Å²) in [7, 11) is 0. The zero-order valence-electron chi connectivity index (χ0n) is 12.6. The van der Waals surface area contributed by atoms with E-state index in [1.54, 1.807) is 0 Å². The topological polar surface area (TPSA) is 49.6 Å². The van der Waals surface area contributed by atoms with Gasteiger partial charge in [-0.1, -0.05) is 0 Å². The van der Waals surface area contributed by atoms with Crippen LogP contribution in [0.5, 0.6) is 0 Å². The second-order valence-electron chi connectivity index (χ2n) is 7.22. The molecule has 4 nitrogen and oxygen atoms in total. The maximum atomic E-state index is 12.3. The molecule has 2 aliphatic heterocycles. The summed E-state index contributed by atoms with van der Waals surface area (Å²) >= 11 is 0. The molecule has 0 spiro atoms. The van der Waals surface area contributed by atoms with E-state index in [1.165, 1.54) is 51.7 Å². The highest BCUT2D eigenvalue weighted by Gasteiger charge is 2.36. The summed E-state index contributed by atoms with van der Waals surface area (Å²) in [6.45, 7) is 5.73. The van der Waals surface area contributed by atoms with Crippen LogP contribution in [-0.4, -0.2) is 54.0 Å². The molecule has 2 heterocycles. The Hall–Kier alpha value is -0.610. The summed E-state index contributed by atoms with van der Waals surface area (Å²) in [6, 6.07) is 0. The number of nitrogens with zero attached hydrogens (tertiary/aromatic N) is 2. The molecule has 1 amide bonds. The average Bonchev–Trinajstić information content (AvgIpc) is 2.90. The predicted molar refractivity (Wildman–Crippen MR) is 80.4 cm³/mol.